The summed E-state index contributed by atoms with van der Waals surface area (Å²) in [7, 11) is 0. The van der Waals surface area contributed by atoms with Gasteiger partial charge in [-0.1, -0.05) is 18.2 Å². The molecule has 2 aromatic carbocycles. The van der Waals surface area contributed by atoms with Crippen LogP contribution in [0.2, 0.25) is 0 Å². The maximum Gasteiger partial charge on any atom is 0.277 e. The topological polar surface area (TPSA) is 70.9 Å². The van der Waals surface area contributed by atoms with Gasteiger partial charge in [-0.25, -0.2) is 5.43 Å². The fraction of sp³-hybridized carbons (Fsp3) is 0.176. The Hall–Kier alpha value is -2.34. The van der Waals surface area contributed by atoms with Gasteiger partial charge in [0.1, 0.15) is 11.5 Å². The highest BCUT2D eigenvalue weighted by Crippen LogP contribution is 2.30. The van der Waals surface area contributed by atoms with Gasteiger partial charge >= 0.3 is 0 Å². The van der Waals surface area contributed by atoms with Gasteiger partial charge in [0.25, 0.3) is 5.91 Å². The first-order chi connectivity index (χ1) is 11.0. The minimum absolute atomic E-state index is 0.139. The predicted molar refractivity (Wildman–Crippen MR) is 93.0 cm³/mol. The van der Waals surface area contributed by atoms with Crippen molar-refractivity contribution in [2.75, 3.05) is 6.61 Å². The lowest BCUT2D eigenvalue weighted by Crippen LogP contribution is -2.24. The standard InChI is InChI=1S/C17H17BrN2O3/c1-11-6-12(2)17(15(18)7-11)23-10-16(22)20-19-9-13-4-3-5-14(21)8-13/h3-9,21H,10H2,1-2H3,(H,20,22)/b19-9-. The van der Waals surface area contributed by atoms with Crippen molar-refractivity contribution in [2.45, 2.75) is 13.8 Å². The highest BCUT2D eigenvalue weighted by Gasteiger charge is 2.08. The first-order valence-electron chi connectivity index (χ1n) is 6.96. The number of carbonyl (C=O) groups excluding carboxylic acids is 1. The molecule has 2 aromatic rings. The zero-order valence-electron chi connectivity index (χ0n) is 12.8. The number of rotatable bonds is 5. The van der Waals surface area contributed by atoms with Crippen LogP contribution < -0.4 is 10.2 Å². The maximum atomic E-state index is 11.7. The normalized spacial score (nSPS) is 10.7. The lowest BCUT2D eigenvalue weighted by molar-refractivity contribution is -0.123. The highest BCUT2D eigenvalue weighted by molar-refractivity contribution is 9.10. The molecule has 23 heavy (non-hydrogen) atoms. The molecule has 0 aliphatic rings. The van der Waals surface area contributed by atoms with E-state index in [0.29, 0.717) is 11.3 Å². The van der Waals surface area contributed by atoms with Crippen LogP contribution in [0.25, 0.3) is 0 Å². The Morgan fingerprint density at radius 2 is 2.13 bits per heavy atom. The monoisotopic (exact) mass is 376 g/mol. The van der Waals surface area contributed by atoms with Crippen LogP contribution in [0.15, 0.2) is 46.0 Å². The third kappa shape index (κ3) is 5.10. The number of ether oxygens (including phenoxy) is 1. The summed E-state index contributed by atoms with van der Waals surface area (Å²) in [6, 6.07) is 10.5. The highest BCUT2D eigenvalue weighted by atomic mass is 79.9. The largest absolute Gasteiger partial charge is 0.508 e. The van der Waals surface area contributed by atoms with E-state index in [4.69, 9.17) is 4.74 Å². The molecule has 2 N–H and O–H groups in total. The minimum Gasteiger partial charge on any atom is -0.508 e. The number of phenolic OH excluding ortho intramolecular Hbond substituents is 1. The molecular formula is C17H17BrN2O3. The number of hydrazone groups is 1. The number of benzene rings is 2. The van der Waals surface area contributed by atoms with Crippen molar-refractivity contribution in [1.29, 1.82) is 0 Å². The fourth-order valence-corrected chi connectivity index (χ4v) is 2.83. The van der Waals surface area contributed by atoms with Gasteiger partial charge in [-0.05, 0) is 64.7 Å². The second kappa shape index (κ2) is 7.78. The minimum atomic E-state index is -0.367. The molecule has 5 nitrogen and oxygen atoms in total. The smallest absolute Gasteiger partial charge is 0.277 e. The molecule has 0 unspecified atom stereocenters. The molecule has 120 valence electrons. The van der Waals surface area contributed by atoms with E-state index in [-0.39, 0.29) is 18.3 Å². The van der Waals surface area contributed by atoms with E-state index < -0.39 is 0 Å². The van der Waals surface area contributed by atoms with Crippen molar-refractivity contribution < 1.29 is 14.6 Å². The first-order valence-corrected chi connectivity index (χ1v) is 7.75. The molecule has 0 heterocycles. The Balaban J connectivity index is 1.88. The van der Waals surface area contributed by atoms with E-state index in [1.54, 1.807) is 24.3 Å². The molecule has 0 saturated carbocycles. The number of amides is 1. The molecule has 0 fully saturated rings. The molecule has 6 heteroatoms. The van der Waals surface area contributed by atoms with Crippen LogP contribution in [0.1, 0.15) is 16.7 Å². The van der Waals surface area contributed by atoms with Crippen LogP contribution in [0.4, 0.5) is 0 Å². The zero-order chi connectivity index (χ0) is 16.8. The molecule has 1 amide bonds. The fourth-order valence-electron chi connectivity index (χ4n) is 2.04. The lowest BCUT2D eigenvalue weighted by atomic mass is 10.1. The third-order valence-electron chi connectivity index (χ3n) is 2.99. The number of phenols is 1. The number of hydrogen-bond acceptors (Lipinski definition) is 4. The molecule has 0 atom stereocenters. The van der Waals surface area contributed by atoms with Crippen LogP contribution in [0, 0.1) is 13.8 Å². The summed E-state index contributed by atoms with van der Waals surface area (Å²) in [5.74, 6) is 0.416. The van der Waals surface area contributed by atoms with Crippen LogP contribution in [-0.4, -0.2) is 23.8 Å². The number of halogens is 1. The Morgan fingerprint density at radius 1 is 1.35 bits per heavy atom. The number of nitrogens with zero attached hydrogens (tertiary/aromatic N) is 1. The summed E-state index contributed by atoms with van der Waals surface area (Å²) in [6.45, 7) is 3.77. The van der Waals surface area contributed by atoms with Gasteiger partial charge in [0.15, 0.2) is 6.61 Å². The van der Waals surface area contributed by atoms with Crippen molar-refractivity contribution in [1.82, 2.24) is 5.43 Å². The average Bonchev–Trinajstić information content (AvgIpc) is 2.46. The van der Waals surface area contributed by atoms with E-state index in [9.17, 15) is 9.90 Å². The van der Waals surface area contributed by atoms with Crippen molar-refractivity contribution in [2.24, 2.45) is 5.10 Å². The van der Waals surface area contributed by atoms with Gasteiger partial charge in [0, 0.05) is 0 Å². The summed E-state index contributed by atoms with van der Waals surface area (Å²) in [5.41, 5.74) is 5.13. The Labute approximate surface area is 143 Å². The van der Waals surface area contributed by atoms with Gasteiger partial charge in [0.05, 0.1) is 10.7 Å². The second-order valence-corrected chi connectivity index (χ2v) is 5.92. The van der Waals surface area contributed by atoms with Crippen molar-refractivity contribution in [3.8, 4) is 11.5 Å². The second-order valence-electron chi connectivity index (χ2n) is 5.07. The third-order valence-corrected chi connectivity index (χ3v) is 3.58. The van der Waals surface area contributed by atoms with Gasteiger partial charge < -0.3 is 9.84 Å². The quantitative estimate of drug-likeness (QED) is 0.621. The molecule has 0 radical (unpaired) electrons. The number of nitrogens with one attached hydrogen (secondary N) is 1. The van der Waals surface area contributed by atoms with Gasteiger partial charge in [-0.15, -0.1) is 0 Å². The molecule has 0 saturated heterocycles. The lowest BCUT2D eigenvalue weighted by Gasteiger charge is -2.11. The van der Waals surface area contributed by atoms with E-state index in [2.05, 4.69) is 26.5 Å². The van der Waals surface area contributed by atoms with Crippen molar-refractivity contribution in [3.63, 3.8) is 0 Å². The van der Waals surface area contributed by atoms with Crippen LogP contribution in [0.3, 0.4) is 0 Å². The molecule has 0 aromatic heterocycles. The maximum absolute atomic E-state index is 11.7. The summed E-state index contributed by atoms with van der Waals surface area (Å²) < 4.78 is 6.34. The molecular weight excluding hydrogens is 360 g/mol. The number of aryl methyl sites for hydroxylation is 2. The summed E-state index contributed by atoms with van der Waals surface area (Å²) in [4.78, 5) is 11.7. The van der Waals surface area contributed by atoms with Crippen LogP contribution in [0.5, 0.6) is 11.5 Å². The van der Waals surface area contributed by atoms with Gasteiger partial charge in [-0.3, -0.25) is 4.79 Å². The van der Waals surface area contributed by atoms with Crippen molar-refractivity contribution in [3.05, 3.63) is 57.6 Å². The molecule has 2 rings (SSSR count). The summed E-state index contributed by atoms with van der Waals surface area (Å²) >= 11 is 3.43. The molecule has 0 aliphatic heterocycles. The SMILES string of the molecule is Cc1cc(C)c(OCC(=O)N/N=C\c2cccc(O)c2)c(Br)c1. The first kappa shape index (κ1) is 17.0. The van der Waals surface area contributed by atoms with E-state index in [1.807, 2.05) is 26.0 Å². The van der Waals surface area contributed by atoms with Crippen molar-refractivity contribution >= 4 is 28.1 Å². The molecule has 0 spiro atoms. The van der Waals surface area contributed by atoms with E-state index in [1.165, 1.54) is 6.21 Å². The average molecular weight is 377 g/mol. The Kier molecular flexibility index (Phi) is 5.76. The van der Waals surface area contributed by atoms with E-state index >= 15 is 0 Å². The van der Waals surface area contributed by atoms with Crippen LogP contribution >= 0.6 is 15.9 Å². The van der Waals surface area contributed by atoms with E-state index in [0.717, 1.165) is 15.6 Å². The number of aromatic hydroxyl groups is 1. The predicted octanol–water partition coefficient (Wildman–Crippen LogP) is 3.30. The number of carbonyl (C=O) groups is 1. The Morgan fingerprint density at radius 3 is 2.83 bits per heavy atom. The number of hydrogen-bond donors (Lipinski definition) is 2. The summed E-state index contributed by atoms with van der Waals surface area (Å²) in [5, 5.41) is 13.2. The van der Waals surface area contributed by atoms with Gasteiger partial charge in [0.2, 0.25) is 0 Å². The molecule has 0 aliphatic carbocycles. The molecule has 0 bridgehead atoms. The summed E-state index contributed by atoms with van der Waals surface area (Å²) in [6.07, 6.45) is 1.45. The Bertz CT molecular complexity index is 721. The van der Waals surface area contributed by atoms with Gasteiger partial charge in [-0.2, -0.15) is 5.10 Å². The van der Waals surface area contributed by atoms with Crippen LogP contribution in [-0.2, 0) is 4.79 Å². The zero-order valence-corrected chi connectivity index (χ0v) is 14.4.